The minimum atomic E-state index is -0.750. The quantitative estimate of drug-likeness (QED) is 0.648. The summed E-state index contributed by atoms with van der Waals surface area (Å²) in [4.78, 5) is 12.9. The first-order valence-electron chi connectivity index (χ1n) is 7.67. The van der Waals surface area contributed by atoms with Crippen molar-refractivity contribution < 1.29 is 14.9 Å². The first-order chi connectivity index (χ1) is 11.7. The number of nitrogens with zero attached hydrogens (tertiary/aromatic N) is 4. The lowest BCUT2D eigenvalue weighted by Gasteiger charge is -2.16. The smallest absolute Gasteiger partial charge is 0.168 e. The molecule has 24 heavy (non-hydrogen) atoms. The summed E-state index contributed by atoms with van der Waals surface area (Å²) >= 11 is 0. The molecule has 1 aromatic carbocycles. The molecular formula is C16H17N5O3. The lowest BCUT2D eigenvalue weighted by molar-refractivity contribution is -0.0426. The summed E-state index contributed by atoms with van der Waals surface area (Å²) in [6.45, 7) is -0.248. The van der Waals surface area contributed by atoms with Gasteiger partial charge < -0.3 is 20.7 Å². The lowest BCUT2D eigenvalue weighted by atomic mass is 10.2. The van der Waals surface area contributed by atoms with Crippen molar-refractivity contribution in [1.82, 2.24) is 19.5 Å². The molecule has 0 amide bonds. The number of aromatic nitrogens is 4. The molecule has 1 saturated heterocycles. The minimum Gasteiger partial charge on any atom is -0.394 e. The van der Waals surface area contributed by atoms with Crippen LogP contribution in [0.3, 0.4) is 0 Å². The standard InChI is InChI=1S/C16H17N5O3/c17-14-13-16(19-8-18-14)21(12-6-10(23)11(7-22)24-12)15(20-13)9-4-2-1-3-5-9/h1-5,8,10-12,22-23H,6-7H2,(H2,17,18,19)/t10-,11+,12+/m0/s1. The second kappa shape index (κ2) is 5.82. The Labute approximate surface area is 137 Å². The van der Waals surface area contributed by atoms with Gasteiger partial charge in [-0.1, -0.05) is 30.3 Å². The Morgan fingerprint density at radius 1 is 1.25 bits per heavy atom. The van der Waals surface area contributed by atoms with E-state index in [1.54, 1.807) is 0 Å². The van der Waals surface area contributed by atoms with Crippen molar-refractivity contribution in [1.29, 1.82) is 0 Å². The molecule has 0 radical (unpaired) electrons. The molecule has 0 bridgehead atoms. The SMILES string of the molecule is Nc1ncnc2c1nc(-c1ccccc1)n2[C@H]1C[C@H](O)[C@@H](CO)O1. The van der Waals surface area contributed by atoms with E-state index in [4.69, 9.17) is 10.5 Å². The molecule has 4 rings (SSSR count). The zero-order chi connectivity index (χ0) is 16.7. The number of benzene rings is 1. The molecular weight excluding hydrogens is 310 g/mol. The van der Waals surface area contributed by atoms with E-state index in [-0.39, 0.29) is 12.4 Å². The number of ether oxygens (including phenoxy) is 1. The van der Waals surface area contributed by atoms with Crippen molar-refractivity contribution in [2.24, 2.45) is 0 Å². The summed E-state index contributed by atoms with van der Waals surface area (Å²) in [5.74, 6) is 0.918. The van der Waals surface area contributed by atoms with Gasteiger partial charge in [-0.05, 0) is 0 Å². The highest BCUT2D eigenvalue weighted by atomic mass is 16.5. The van der Waals surface area contributed by atoms with Crippen LogP contribution in [0.1, 0.15) is 12.6 Å². The maximum Gasteiger partial charge on any atom is 0.168 e. The van der Waals surface area contributed by atoms with Crippen molar-refractivity contribution in [3.8, 4) is 11.4 Å². The van der Waals surface area contributed by atoms with Gasteiger partial charge in [0.05, 0.1) is 12.7 Å². The van der Waals surface area contributed by atoms with E-state index in [0.717, 1.165) is 5.56 Å². The van der Waals surface area contributed by atoms with Crippen molar-refractivity contribution in [3.05, 3.63) is 36.7 Å². The number of rotatable bonds is 3. The largest absolute Gasteiger partial charge is 0.394 e. The predicted octanol–water partition coefficient (Wildman–Crippen LogP) is 0.716. The summed E-state index contributed by atoms with van der Waals surface area (Å²) in [6, 6.07) is 9.60. The van der Waals surface area contributed by atoms with Crippen molar-refractivity contribution >= 4 is 17.0 Å². The second-order valence-electron chi connectivity index (χ2n) is 5.72. The third kappa shape index (κ3) is 2.32. The van der Waals surface area contributed by atoms with Gasteiger partial charge in [-0.2, -0.15) is 0 Å². The molecule has 124 valence electrons. The Hall–Kier alpha value is -2.55. The molecule has 1 aliphatic rings. The molecule has 0 aliphatic carbocycles. The molecule has 0 unspecified atom stereocenters. The highest BCUT2D eigenvalue weighted by Gasteiger charge is 2.37. The van der Waals surface area contributed by atoms with Crippen LogP contribution < -0.4 is 5.73 Å². The molecule has 4 N–H and O–H groups in total. The van der Waals surface area contributed by atoms with Crippen LogP contribution in [0.5, 0.6) is 0 Å². The van der Waals surface area contributed by atoms with Gasteiger partial charge >= 0.3 is 0 Å². The molecule has 3 heterocycles. The van der Waals surface area contributed by atoms with Gasteiger partial charge in [-0.15, -0.1) is 0 Å². The number of aliphatic hydroxyl groups is 2. The lowest BCUT2D eigenvalue weighted by Crippen LogP contribution is -2.24. The number of hydrogen-bond donors (Lipinski definition) is 3. The van der Waals surface area contributed by atoms with E-state index in [2.05, 4.69) is 15.0 Å². The fourth-order valence-corrected chi connectivity index (χ4v) is 3.03. The summed E-state index contributed by atoms with van der Waals surface area (Å²) < 4.78 is 7.61. The fraction of sp³-hybridized carbons (Fsp3) is 0.312. The van der Waals surface area contributed by atoms with E-state index in [1.807, 2.05) is 34.9 Å². The van der Waals surface area contributed by atoms with Crippen molar-refractivity contribution in [2.75, 3.05) is 12.3 Å². The molecule has 8 nitrogen and oxygen atoms in total. The van der Waals surface area contributed by atoms with Crippen LogP contribution >= 0.6 is 0 Å². The average molecular weight is 327 g/mol. The highest BCUT2D eigenvalue weighted by molar-refractivity contribution is 5.85. The van der Waals surface area contributed by atoms with E-state index < -0.39 is 18.4 Å². The number of fused-ring (bicyclic) bond motifs is 1. The zero-order valence-corrected chi connectivity index (χ0v) is 12.8. The number of nitrogen functional groups attached to an aromatic ring is 1. The average Bonchev–Trinajstić information content (AvgIpc) is 3.16. The van der Waals surface area contributed by atoms with Gasteiger partial charge in [0.25, 0.3) is 0 Å². The van der Waals surface area contributed by atoms with Gasteiger partial charge in [0, 0.05) is 12.0 Å². The van der Waals surface area contributed by atoms with Crippen molar-refractivity contribution in [3.63, 3.8) is 0 Å². The van der Waals surface area contributed by atoms with Crippen LogP contribution in [0.15, 0.2) is 36.7 Å². The van der Waals surface area contributed by atoms with E-state index >= 15 is 0 Å². The number of imidazole rings is 1. The first kappa shape index (κ1) is 15.0. The first-order valence-corrected chi connectivity index (χ1v) is 7.67. The molecule has 0 spiro atoms. The number of hydrogen-bond acceptors (Lipinski definition) is 7. The number of aliphatic hydroxyl groups excluding tert-OH is 2. The van der Waals surface area contributed by atoms with Crippen LogP contribution in [0.4, 0.5) is 5.82 Å². The Balaban J connectivity index is 1.91. The molecule has 1 fully saturated rings. The minimum absolute atomic E-state index is 0.248. The molecule has 0 saturated carbocycles. The van der Waals surface area contributed by atoms with Crippen LogP contribution in [0.2, 0.25) is 0 Å². The third-order valence-electron chi connectivity index (χ3n) is 4.21. The summed E-state index contributed by atoms with van der Waals surface area (Å²) in [5.41, 5.74) is 7.84. The van der Waals surface area contributed by atoms with Crippen LogP contribution in [-0.4, -0.2) is 48.5 Å². The van der Waals surface area contributed by atoms with E-state index in [1.165, 1.54) is 6.33 Å². The fourth-order valence-electron chi connectivity index (χ4n) is 3.03. The van der Waals surface area contributed by atoms with E-state index in [0.29, 0.717) is 23.4 Å². The van der Waals surface area contributed by atoms with Crippen LogP contribution in [-0.2, 0) is 4.74 Å². The molecule has 1 aliphatic heterocycles. The summed E-state index contributed by atoms with van der Waals surface area (Å²) in [6.07, 6.45) is -0.165. The monoisotopic (exact) mass is 327 g/mol. The second-order valence-corrected chi connectivity index (χ2v) is 5.72. The van der Waals surface area contributed by atoms with E-state index in [9.17, 15) is 10.2 Å². The summed E-state index contributed by atoms with van der Waals surface area (Å²) in [5, 5.41) is 19.4. The molecule has 8 heteroatoms. The number of anilines is 1. The summed E-state index contributed by atoms with van der Waals surface area (Å²) in [7, 11) is 0. The van der Waals surface area contributed by atoms with Gasteiger partial charge in [-0.3, -0.25) is 4.57 Å². The van der Waals surface area contributed by atoms with Gasteiger partial charge in [0.1, 0.15) is 24.5 Å². The molecule has 2 aromatic heterocycles. The normalized spacial score (nSPS) is 23.8. The van der Waals surface area contributed by atoms with Crippen LogP contribution in [0.25, 0.3) is 22.6 Å². The zero-order valence-electron chi connectivity index (χ0n) is 12.8. The molecule has 3 aromatic rings. The predicted molar refractivity (Wildman–Crippen MR) is 86.8 cm³/mol. The van der Waals surface area contributed by atoms with Gasteiger partial charge in [-0.25, -0.2) is 15.0 Å². The maximum absolute atomic E-state index is 10.1. The maximum atomic E-state index is 10.1. The number of nitrogens with two attached hydrogens (primary N) is 1. The Morgan fingerprint density at radius 3 is 2.75 bits per heavy atom. The Kier molecular flexibility index (Phi) is 3.64. The Morgan fingerprint density at radius 2 is 2.04 bits per heavy atom. The third-order valence-corrected chi connectivity index (χ3v) is 4.21. The molecule has 3 atom stereocenters. The van der Waals surface area contributed by atoms with Gasteiger partial charge in [0.2, 0.25) is 0 Å². The van der Waals surface area contributed by atoms with Crippen LogP contribution in [0, 0.1) is 0 Å². The highest BCUT2D eigenvalue weighted by Crippen LogP contribution is 2.36. The topological polar surface area (TPSA) is 119 Å². The van der Waals surface area contributed by atoms with Crippen molar-refractivity contribution in [2.45, 2.75) is 24.9 Å². The Bertz CT molecular complexity index is 867. The van der Waals surface area contributed by atoms with Gasteiger partial charge in [0.15, 0.2) is 17.0 Å².